The van der Waals surface area contributed by atoms with Crippen molar-refractivity contribution in [3.05, 3.63) is 167 Å². The lowest BCUT2D eigenvalue weighted by atomic mass is 9.99. The molecule has 274 valence electrons. The summed E-state index contributed by atoms with van der Waals surface area (Å²) in [6, 6.07) is 31.3. The Morgan fingerprint density at radius 2 is 1.30 bits per heavy atom. The van der Waals surface area contributed by atoms with E-state index in [2.05, 4.69) is 26.6 Å². The Morgan fingerprint density at radius 1 is 0.736 bits per heavy atom. The molecule has 1 aliphatic rings. The van der Waals surface area contributed by atoms with Crippen LogP contribution in [0, 0.1) is 0 Å². The molecule has 0 unspecified atom stereocenters. The van der Waals surface area contributed by atoms with Crippen LogP contribution in [-0.4, -0.2) is 32.1 Å². The second-order valence-electron chi connectivity index (χ2n) is 12.3. The number of rotatable bonds is 5. The van der Waals surface area contributed by atoms with Crippen molar-refractivity contribution in [2.75, 3.05) is 12.3 Å². The zero-order valence-corrected chi connectivity index (χ0v) is 28.6. The molecule has 5 aromatic carbocycles. The molecular formula is C41H36F6N4O2. The van der Waals surface area contributed by atoms with Gasteiger partial charge in [-0.3, -0.25) is 4.90 Å². The first-order valence-corrected chi connectivity index (χ1v) is 16.5. The van der Waals surface area contributed by atoms with E-state index in [-0.39, 0.29) is 5.56 Å². The molecule has 6 nitrogen and oxygen atoms in total. The van der Waals surface area contributed by atoms with Crippen LogP contribution in [0.1, 0.15) is 38.4 Å². The Hall–Kier alpha value is -5.88. The van der Waals surface area contributed by atoms with Gasteiger partial charge >= 0.3 is 18.3 Å². The molecular weight excluding hydrogens is 694 g/mol. The van der Waals surface area contributed by atoms with Gasteiger partial charge in [-0.2, -0.15) is 26.3 Å². The van der Waals surface area contributed by atoms with E-state index in [1.165, 1.54) is 41.5 Å². The van der Waals surface area contributed by atoms with Crippen molar-refractivity contribution in [3.8, 4) is 22.3 Å². The van der Waals surface area contributed by atoms with Gasteiger partial charge in [-0.05, 0) is 82.3 Å². The van der Waals surface area contributed by atoms with Crippen LogP contribution in [-0.2, 0) is 38.9 Å². The van der Waals surface area contributed by atoms with Gasteiger partial charge in [0.2, 0.25) is 0 Å². The third-order valence-electron chi connectivity index (χ3n) is 8.61. The Morgan fingerprint density at radius 3 is 1.87 bits per heavy atom. The molecule has 6 aromatic rings. The van der Waals surface area contributed by atoms with Gasteiger partial charge in [0.15, 0.2) is 0 Å². The fraction of sp³-hybridized carbons (Fsp3) is 0.171. The van der Waals surface area contributed by atoms with E-state index in [1.807, 2.05) is 55.8 Å². The quantitative estimate of drug-likeness (QED) is 0.136. The van der Waals surface area contributed by atoms with Crippen molar-refractivity contribution in [1.29, 1.82) is 0 Å². The molecule has 12 heteroatoms. The summed E-state index contributed by atoms with van der Waals surface area (Å²) >= 11 is 0. The predicted octanol–water partition coefficient (Wildman–Crippen LogP) is 10.0. The Labute approximate surface area is 302 Å². The summed E-state index contributed by atoms with van der Waals surface area (Å²) in [7, 11) is 2.04. The zero-order valence-electron chi connectivity index (χ0n) is 28.6. The minimum atomic E-state index is -4.40. The fourth-order valence-corrected chi connectivity index (χ4v) is 5.76. The highest BCUT2D eigenvalue weighted by Gasteiger charge is 2.31. The number of hydrogen-bond donors (Lipinski definition) is 2. The highest BCUT2D eigenvalue weighted by atomic mass is 19.4. The molecule has 0 radical (unpaired) electrons. The Kier molecular flexibility index (Phi) is 12.0. The minimum Gasteiger partial charge on any atom is -0.478 e. The van der Waals surface area contributed by atoms with Crippen LogP contribution in [0.2, 0.25) is 0 Å². The summed E-state index contributed by atoms with van der Waals surface area (Å²) in [6.45, 7) is 2.97. The highest BCUT2D eigenvalue weighted by Crippen LogP contribution is 2.33. The molecule has 0 atom stereocenters. The van der Waals surface area contributed by atoms with Gasteiger partial charge in [-0.25, -0.2) is 9.78 Å². The number of imidazole rings is 1. The van der Waals surface area contributed by atoms with Crippen molar-refractivity contribution in [1.82, 2.24) is 14.5 Å². The Balaban J connectivity index is 0.000000154. The summed E-state index contributed by atoms with van der Waals surface area (Å²) in [5.74, 6) is 0.00407. The van der Waals surface area contributed by atoms with E-state index in [4.69, 9.17) is 10.8 Å². The van der Waals surface area contributed by atoms with Crippen molar-refractivity contribution in [3.63, 3.8) is 0 Å². The van der Waals surface area contributed by atoms with Gasteiger partial charge < -0.3 is 15.4 Å². The number of aromatic nitrogens is 2. The first kappa shape index (κ1) is 38.4. The molecule has 0 fully saturated rings. The lowest BCUT2D eigenvalue weighted by molar-refractivity contribution is -0.138. The molecule has 53 heavy (non-hydrogen) atoms. The zero-order chi connectivity index (χ0) is 38.2. The van der Waals surface area contributed by atoms with E-state index in [0.29, 0.717) is 11.1 Å². The molecule has 7 rings (SSSR count). The van der Waals surface area contributed by atoms with Gasteiger partial charge in [0, 0.05) is 38.2 Å². The van der Waals surface area contributed by atoms with Crippen LogP contribution in [0.3, 0.4) is 0 Å². The summed E-state index contributed by atoms with van der Waals surface area (Å²) in [4.78, 5) is 17.9. The van der Waals surface area contributed by atoms with Crippen LogP contribution in [0.4, 0.5) is 32.0 Å². The maximum atomic E-state index is 12.4. The lowest BCUT2D eigenvalue weighted by Gasteiger charge is -2.28. The van der Waals surface area contributed by atoms with Crippen LogP contribution in [0.25, 0.3) is 22.3 Å². The van der Waals surface area contributed by atoms with Crippen LogP contribution < -0.4 is 5.73 Å². The number of halogens is 6. The lowest BCUT2D eigenvalue weighted by Crippen LogP contribution is -2.31. The monoisotopic (exact) mass is 730 g/mol. The number of nitrogen functional groups attached to an aromatic ring is 1. The van der Waals surface area contributed by atoms with E-state index in [1.54, 1.807) is 18.2 Å². The summed E-state index contributed by atoms with van der Waals surface area (Å²) in [5.41, 5.74) is 10.7. The molecule has 3 N–H and O–H groups in total. The number of anilines is 1. The third-order valence-corrected chi connectivity index (χ3v) is 8.61. The predicted molar refractivity (Wildman–Crippen MR) is 193 cm³/mol. The largest absolute Gasteiger partial charge is 0.478 e. The van der Waals surface area contributed by atoms with E-state index in [0.717, 1.165) is 73.0 Å². The van der Waals surface area contributed by atoms with Crippen molar-refractivity contribution in [2.45, 2.75) is 31.9 Å². The molecule has 0 spiro atoms. The van der Waals surface area contributed by atoms with Crippen molar-refractivity contribution >= 4 is 11.7 Å². The molecule has 0 bridgehead atoms. The van der Waals surface area contributed by atoms with E-state index >= 15 is 0 Å². The highest BCUT2D eigenvalue weighted by molar-refractivity contribution is 5.96. The average molecular weight is 731 g/mol. The first-order valence-electron chi connectivity index (χ1n) is 16.5. The number of carboxylic acid groups (broad SMARTS) is 1. The number of aryl methyl sites for hydroxylation is 1. The SMILES string of the molecule is Cn1ccnc1CN1CCc2cc(N)ccc2C1.FC(F)(F)c1ccc(-c2ccccc2)cc1.O=C(O)c1ccccc1-c1ccc(C(F)(F)F)cc1. The maximum absolute atomic E-state index is 12.4. The number of aromatic carboxylic acids is 1. The normalized spacial score (nSPS) is 12.8. The molecule has 2 heterocycles. The molecule has 0 aliphatic carbocycles. The molecule has 1 aliphatic heterocycles. The van der Waals surface area contributed by atoms with Gasteiger partial charge in [-0.15, -0.1) is 0 Å². The number of hydrogen-bond acceptors (Lipinski definition) is 4. The average Bonchev–Trinajstić information content (AvgIpc) is 3.55. The second kappa shape index (κ2) is 16.6. The van der Waals surface area contributed by atoms with Gasteiger partial charge in [0.25, 0.3) is 0 Å². The van der Waals surface area contributed by atoms with Gasteiger partial charge in [0.1, 0.15) is 5.82 Å². The summed E-state index contributed by atoms with van der Waals surface area (Å²) in [6.07, 6.45) is -3.74. The number of nitrogens with two attached hydrogens (primary N) is 1. The number of carboxylic acids is 1. The van der Waals surface area contributed by atoms with Crippen molar-refractivity contribution in [2.24, 2.45) is 7.05 Å². The minimum absolute atomic E-state index is 0.0576. The molecule has 0 saturated heterocycles. The van der Waals surface area contributed by atoms with Gasteiger partial charge in [0.05, 0.1) is 23.2 Å². The first-order chi connectivity index (χ1) is 25.2. The second-order valence-corrected chi connectivity index (χ2v) is 12.3. The number of carbonyl (C=O) groups is 1. The number of benzene rings is 5. The van der Waals surface area contributed by atoms with E-state index < -0.39 is 29.4 Å². The number of fused-ring (bicyclic) bond motifs is 1. The summed E-state index contributed by atoms with van der Waals surface area (Å²) in [5, 5.41) is 9.03. The summed E-state index contributed by atoms with van der Waals surface area (Å²) < 4.78 is 76.4. The van der Waals surface area contributed by atoms with Crippen LogP contribution >= 0.6 is 0 Å². The topological polar surface area (TPSA) is 84.4 Å². The van der Waals surface area contributed by atoms with Gasteiger partial charge in [-0.1, -0.05) is 78.9 Å². The van der Waals surface area contributed by atoms with E-state index in [9.17, 15) is 31.1 Å². The Bertz CT molecular complexity index is 2110. The number of alkyl halides is 6. The number of nitrogens with zero attached hydrogens (tertiary/aromatic N) is 3. The van der Waals surface area contributed by atoms with Crippen molar-refractivity contribution < 1.29 is 36.2 Å². The molecule has 0 saturated carbocycles. The molecule has 0 amide bonds. The molecule has 1 aromatic heterocycles. The van der Waals surface area contributed by atoms with Crippen LogP contribution in [0.15, 0.2) is 134 Å². The smallest absolute Gasteiger partial charge is 0.416 e. The standard InChI is InChI=1S/C14H9F3O2.C14H18N4.C13H9F3/c15-14(16,17)10-7-5-9(6-8-10)11-3-1-2-4-12(11)13(18)19;1-17-7-5-16-14(17)10-18-6-4-11-8-13(15)3-2-12(11)9-18;14-13(15,16)12-8-6-11(7-9-12)10-4-2-1-3-5-10/h1-8H,(H,18,19);2-3,5,7-8H,4,6,9-10,15H2,1H3;1-9H. The fourth-order valence-electron chi connectivity index (χ4n) is 5.76. The van der Waals surface area contributed by atoms with Crippen LogP contribution in [0.5, 0.6) is 0 Å². The third kappa shape index (κ3) is 10.4. The maximum Gasteiger partial charge on any atom is 0.416 e.